The molecule has 1 aliphatic heterocycles. The molecule has 1 aromatic heterocycles. The van der Waals surface area contributed by atoms with Gasteiger partial charge in [0.25, 0.3) is 10.0 Å². The van der Waals surface area contributed by atoms with Gasteiger partial charge in [0.1, 0.15) is 10.7 Å². The second-order valence-corrected chi connectivity index (χ2v) is 10.1. The molecule has 0 amide bonds. The molecule has 1 aromatic carbocycles. The van der Waals surface area contributed by atoms with Gasteiger partial charge >= 0.3 is 0 Å². The fraction of sp³-hybridized carbons (Fsp3) is 0.526. The van der Waals surface area contributed by atoms with E-state index in [1.807, 2.05) is 0 Å². The standard InChI is InChI=1S/C19H26ClFN4O2S2/c20-15-12-18(29(26,27)25-19-24-10-11-28-19)16(21)13-17(15)23-8-4-2-1-3-6-14-7-5-9-22-14/h10-14,22-23H,1-9H2,(H,24,25)/t14-/m0/s1. The average molecular weight is 461 g/mol. The second-order valence-electron chi connectivity index (χ2n) is 7.13. The van der Waals surface area contributed by atoms with Crippen LogP contribution in [0.4, 0.5) is 15.2 Å². The Balaban J connectivity index is 1.46. The first kappa shape index (κ1) is 22.3. The first-order valence-corrected chi connectivity index (χ1v) is 12.6. The molecular formula is C19H26ClFN4O2S2. The maximum absolute atomic E-state index is 14.4. The van der Waals surface area contributed by atoms with Gasteiger partial charge in [-0.15, -0.1) is 11.3 Å². The summed E-state index contributed by atoms with van der Waals surface area (Å²) in [4.78, 5) is 3.35. The van der Waals surface area contributed by atoms with E-state index in [9.17, 15) is 12.8 Å². The summed E-state index contributed by atoms with van der Waals surface area (Å²) in [7, 11) is -4.09. The number of rotatable bonds is 11. The summed E-state index contributed by atoms with van der Waals surface area (Å²) in [6, 6.07) is 2.95. The van der Waals surface area contributed by atoms with Crippen molar-refractivity contribution in [1.29, 1.82) is 0 Å². The van der Waals surface area contributed by atoms with Gasteiger partial charge in [-0.1, -0.05) is 30.9 Å². The van der Waals surface area contributed by atoms with E-state index in [4.69, 9.17) is 11.6 Å². The Morgan fingerprint density at radius 1 is 1.28 bits per heavy atom. The maximum Gasteiger partial charge on any atom is 0.266 e. The molecule has 2 heterocycles. The van der Waals surface area contributed by atoms with Crippen molar-refractivity contribution in [2.45, 2.75) is 55.9 Å². The number of sulfonamides is 1. The van der Waals surface area contributed by atoms with Crippen LogP contribution in [0.25, 0.3) is 0 Å². The zero-order valence-electron chi connectivity index (χ0n) is 16.1. The lowest BCUT2D eigenvalue weighted by molar-refractivity contribution is 0.511. The van der Waals surface area contributed by atoms with Crippen molar-refractivity contribution in [3.63, 3.8) is 0 Å². The first-order chi connectivity index (χ1) is 14.0. The van der Waals surface area contributed by atoms with Gasteiger partial charge in [-0.05, 0) is 44.4 Å². The van der Waals surface area contributed by atoms with Crippen LogP contribution >= 0.6 is 22.9 Å². The number of aromatic nitrogens is 1. The summed E-state index contributed by atoms with van der Waals surface area (Å²) in [5.41, 5.74) is 0.396. The molecule has 0 radical (unpaired) electrons. The molecule has 0 unspecified atom stereocenters. The highest BCUT2D eigenvalue weighted by atomic mass is 35.5. The summed E-state index contributed by atoms with van der Waals surface area (Å²) in [6.07, 6.45) is 9.68. The van der Waals surface area contributed by atoms with Crippen LogP contribution < -0.4 is 15.4 Å². The van der Waals surface area contributed by atoms with E-state index in [0.717, 1.165) is 42.9 Å². The summed E-state index contributed by atoms with van der Waals surface area (Å²) >= 11 is 7.29. The van der Waals surface area contributed by atoms with Crippen molar-refractivity contribution in [3.05, 3.63) is 34.5 Å². The molecule has 1 saturated heterocycles. The average Bonchev–Trinajstić information content (AvgIpc) is 3.37. The van der Waals surface area contributed by atoms with Crippen molar-refractivity contribution in [2.24, 2.45) is 0 Å². The lowest BCUT2D eigenvalue weighted by atomic mass is 10.1. The number of hydrogen-bond donors (Lipinski definition) is 3. The van der Waals surface area contributed by atoms with Crippen molar-refractivity contribution >= 4 is 43.8 Å². The van der Waals surface area contributed by atoms with E-state index in [1.54, 1.807) is 5.38 Å². The number of thiazole rings is 1. The van der Waals surface area contributed by atoms with Crippen molar-refractivity contribution in [3.8, 4) is 0 Å². The third-order valence-corrected chi connectivity index (χ3v) is 7.41. The fourth-order valence-corrected chi connectivity index (χ4v) is 5.58. The Kier molecular flexibility index (Phi) is 8.11. The number of hydrogen-bond acceptors (Lipinski definition) is 6. The molecule has 160 valence electrons. The molecule has 3 rings (SSSR count). The molecule has 0 spiro atoms. The fourth-order valence-electron chi connectivity index (χ4n) is 3.41. The third-order valence-electron chi connectivity index (χ3n) is 4.92. The molecule has 1 aliphatic rings. The molecule has 0 saturated carbocycles. The topological polar surface area (TPSA) is 83.1 Å². The molecule has 10 heteroatoms. The summed E-state index contributed by atoms with van der Waals surface area (Å²) < 4.78 is 41.4. The number of unbranched alkanes of at least 4 members (excludes halogenated alkanes) is 3. The second kappa shape index (κ2) is 10.6. The highest BCUT2D eigenvalue weighted by Crippen LogP contribution is 2.29. The van der Waals surface area contributed by atoms with Gasteiger partial charge in [0.15, 0.2) is 5.13 Å². The third kappa shape index (κ3) is 6.53. The van der Waals surface area contributed by atoms with Gasteiger partial charge in [0.05, 0.1) is 10.7 Å². The molecule has 29 heavy (non-hydrogen) atoms. The largest absolute Gasteiger partial charge is 0.384 e. The van der Waals surface area contributed by atoms with Crippen LogP contribution in [0.15, 0.2) is 28.6 Å². The Morgan fingerprint density at radius 2 is 2.10 bits per heavy atom. The number of nitrogens with one attached hydrogen (secondary N) is 3. The Bertz CT molecular complexity index is 888. The van der Waals surface area contributed by atoms with Gasteiger partial charge in [-0.25, -0.2) is 17.8 Å². The quantitative estimate of drug-likeness (QED) is 0.417. The zero-order chi connectivity index (χ0) is 20.7. The molecular weight excluding hydrogens is 435 g/mol. The van der Waals surface area contributed by atoms with Gasteiger partial charge in [-0.2, -0.15) is 0 Å². The number of halogens is 2. The normalized spacial score (nSPS) is 16.8. The lowest BCUT2D eigenvalue weighted by Crippen LogP contribution is -2.20. The van der Waals surface area contributed by atoms with Crippen LogP contribution in [0.5, 0.6) is 0 Å². The number of anilines is 2. The van der Waals surface area contributed by atoms with Crippen LogP contribution in [0.2, 0.25) is 5.02 Å². The molecule has 6 nitrogen and oxygen atoms in total. The lowest BCUT2D eigenvalue weighted by Gasteiger charge is -2.12. The van der Waals surface area contributed by atoms with Crippen molar-refractivity contribution < 1.29 is 12.8 Å². The monoisotopic (exact) mass is 460 g/mol. The minimum atomic E-state index is -4.09. The molecule has 3 N–H and O–H groups in total. The van der Waals surface area contributed by atoms with E-state index < -0.39 is 20.7 Å². The minimum Gasteiger partial charge on any atom is -0.384 e. The van der Waals surface area contributed by atoms with Crippen molar-refractivity contribution in [1.82, 2.24) is 10.3 Å². The SMILES string of the molecule is O=S(=O)(Nc1nccs1)c1cc(Cl)c(NCCCCCC[C@H]2CCCN2)cc1F. The summed E-state index contributed by atoms with van der Waals surface area (Å²) in [5, 5.41) is 8.57. The first-order valence-electron chi connectivity index (χ1n) is 9.84. The van der Waals surface area contributed by atoms with Crippen LogP contribution in [0, 0.1) is 5.82 Å². The molecule has 2 aromatic rings. The summed E-state index contributed by atoms with van der Waals surface area (Å²) in [6.45, 7) is 1.80. The van der Waals surface area contributed by atoms with E-state index >= 15 is 0 Å². The summed E-state index contributed by atoms with van der Waals surface area (Å²) in [5.74, 6) is -0.856. The molecule has 1 fully saturated rings. The Labute approximate surface area is 180 Å². The predicted octanol–water partition coefficient (Wildman–Crippen LogP) is 4.85. The maximum atomic E-state index is 14.4. The molecule has 1 atom stereocenters. The highest BCUT2D eigenvalue weighted by Gasteiger charge is 2.22. The van der Waals surface area contributed by atoms with E-state index in [1.165, 1.54) is 38.3 Å². The van der Waals surface area contributed by atoms with Crippen LogP contribution in [-0.4, -0.2) is 32.5 Å². The minimum absolute atomic E-state index is 0.165. The van der Waals surface area contributed by atoms with Gasteiger partial charge in [0, 0.05) is 24.2 Å². The van der Waals surface area contributed by atoms with E-state index in [2.05, 4.69) is 20.3 Å². The van der Waals surface area contributed by atoms with Crippen LogP contribution in [0.1, 0.15) is 44.9 Å². The van der Waals surface area contributed by atoms with Crippen LogP contribution in [-0.2, 0) is 10.0 Å². The van der Waals surface area contributed by atoms with Crippen molar-refractivity contribution in [2.75, 3.05) is 23.1 Å². The van der Waals surface area contributed by atoms with Crippen LogP contribution in [0.3, 0.4) is 0 Å². The molecule has 0 aliphatic carbocycles. The predicted molar refractivity (Wildman–Crippen MR) is 117 cm³/mol. The smallest absolute Gasteiger partial charge is 0.266 e. The Morgan fingerprint density at radius 3 is 2.83 bits per heavy atom. The van der Waals surface area contributed by atoms with Gasteiger partial charge in [0.2, 0.25) is 0 Å². The van der Waals surface area contributed by atoms with E-state index in [0.29, 0.717) is 18.3 Å². The van der Waals surface area contributed by atoms with Gasteiger partial charge in [-0.3, -0.25) is 4.72 Å². The van der Waals surface area contributed by atoms with E-state index in [-0.39, 0.29) is 10.2 Å². The number of nitrogens with zero attached hydrogens (tertiary/aromatic N) is 1. The van der Waals surface area contributed by atoms with Gasteiger partial charge < -0.3 is 10.6 Å². The molecule has 0 bridgehead atoms. The zero-order valence-corrected chi connectivity index (χ0v) is 18.5. The highest BCUT2D eigenvalue weighted by molar-refractivity contribution is 7.93. The number of benzene rings is 1. The Hall–Kier alpha value is -1.42.